The van der Waals surface area contributed by atoms with Crippen molar-refractivity contribution in [3.63, 3.8) is 0 Å². The van der Waals surface area contributed by atoms with Crippen LogP contribution in [0.5, 0.6) is 5.75 Å². The van der Waals surface area contributed by atoms with Gasteiger partial charge in [0, 0.05) is 22.7 Å². The van der Waals surface area contributed by atoms with E-state index in [1.165, 1.54) is 31.5 Å². The molecule has 175 valence electrons. The summed E-state index contributed by atoms with van der Waals surface area (Å²) in [5.74, 6) is -1.53. The van der Waals surface area contributed by atoms with E-state index in [1.807, 2.05) is 0 Å². The van der Waals surface area contributed by atoms with Gasteiger partial charge >= 0.3 is 0 Å². The van der Waals surface area contributed by atoms with Crippen molar-refractivity contribution in [3.05, 3.63) is 101 Å². The highest BCUT2D eigenvalue weighted by atomic mass is 35.5. The molecule has 1 aliphatic rings. The van der Waals surface area contributed by atoms with Gasteiger partial charge in [-0.2, -0.15) is 0 Å². The van der Waals surface area contributed by atoms with Crippen molar-refractivity contribution in [2.24, 2.45) is 5.73 Å². The second-order valence-electron chi connectivity index (χ2n) is 7.66. The molecule has 1 aromatic heterocycles. The van der Waals surface area contributed by atoms with Crippen LogP contribution in [0.1, 0.15) is 21.5 Å². The summed E-state index contributed by atoms with van der Waals surface area (Å²) in [5, 5.41) is 0.575. The van der Waals surface area contributed by atoms with Crippen LogP contribution in [0.3, 0.4) is 0 Å². The average molecular weight is 507 g/mol. The van der Waals surface area contributed by atoms with Gasteiger partial charge in [0.25, 0.3) is 21.8 Å². The van der Waals surface area contributed by atoms with Crippen molar-refractivity contribution in [1.82, 2.24) is 4.98 Å². The van der Waals surface area contributed by atoms with Crippen LogP contribution in [-0.4, -0.2) is 32.3 Å². The fourth-order valence-corrected chi connectivity index (χ4v) is 6.10. The maximum Gasteiger partial charge on any atom is 0.273 e. The van der Waals surface area contributed by atoms with Crippen molar-refractivity contribution in [2.45, 2.75) is 4.90 Å². The van der Waals surface area contributed by atoms with Crippen molar-refractivity contribution in [3.8, 4) is 5.75 Å². The van der Waals surface area contributed by atoms with Gasteiger partial charge in [-0.05, 0) is 30.3 Å². The predicted molar refractivity (Wildman–Crippen MR) is 131 cm³/mol. The average Bonchev–Trinajstić information content (AvgIpc) is 3.15. The maximum atomic E-state index is 14.0. The van der Waals surface area contributed by atoms with Gasteiger partial charge in [-0.3, -0.25) is 14.6 Å². The number of ether oxygens (including phenoxy) is 1. The molecule has 0 spiro atoms. The molecular formula is C25H17ClN3O5S. The van der Waals surface area contributed by atoms with Gasteiger partial charge in [-0.25, -0.2) is 12.7 Å². The molecular weight excluding hydrogens is 490 g/mol. The van der Waals surface area contributed by atoms with Crippen molar-refractivity contribution in [1.29, 1.82) is 0 Å². The standard InChI is InChI=1S/C25H17ClN3O5S/c1-34-18-9-3-2-8-15(18)20-22-17(12-11-16(26)21(22)24(27)30)29(25(20)31)35(32,33)19-10-4-6-14-7-5-13-28-23(14)19/h2-13H,1H3,(H2,27,30). The number of methoxy groups -OCH3 is 1. The Morgan fingerprint density at radius 3 is 2.51 bits per heavy atom. The lowest BCUT2D eigenvalue weighted by molar-refractivity contribution is -0.114. The van der Waals surface area contributed by atoms with Crippen LogP contribution in [0, 0.1) is 5.92 Å². The second kappa shape index (κ2) is 8.37. The van der Waals surface area contributed by atoms with E-state index in [1.54, 1.807) is 48.5 Å². The highest BCUT2D eigenvalue weighted by Gasteiger charge is 2.49. The summed E-state index contributed by atoms with van der Waals surface area (Å²) in [6.07, 6.45) is 1.47. The van der Waals surface area contributed by atoms with Crippen molar-refractivity contribution >= 4 is 50.0 Å². The Hall–Kier alpha value is -3.95. The van der Waals surface area contributed by atoms with Gasteiger partial charge in [0.1, 0.15) is 16.6 Å². The summed E-state index contributed by atoms with van der Waals surface area (Å²) in [6, 6.07) is 17.4. The monoisotopic (exact) mass is 506 g/mol. The van der Waals surface area contributed by atoms with Crippen LogP contribution < -0.4 is 14.8 Å². The van der Waals surface area contributed by atoms with E-state index >= 15 is 0 Å². The Morgan fingerprint density at radius 1 is 1.03 bits per heavy atom. The topological polar surface area (TPSA) is 120 Å². The number of hydrogen-bond acceptors (Lipinski definition) is 6. The lowest BCUT2D eigenvalue weighted by atomic mass is 9.88. The number of amides is 2. The number of pyridine rings is 1. The van der Waals surface area contributed by atoms with E-state index in [4.69, 9.17) is 22.1 Å². The molecule has 0 bridgehead atoms. The molecule has 0 saturated heterocycles. The SMILES string of the molecule is COc1ccccc1[C]1C(=O)N(S(=O)(=O)c2cccc3cccnc23)c2ccc(Cl)c(C(N)=O)c21. The zero-order valence-corrected chi connectivity index (χ0v) is 19.8. The van der Waals surface area contributed by atoms with Crippen molar-refractivity contribution < 1.29 is 22.7 Å². The van der Waals surface area contributed by atoms with E-state index in [0.717, 1.165) is 0 Å². The molecule has 4 aromatic rings. The second-order valence-corrected chi connectivity index (χ2v) is 9.82. The number of aromatic nitrogens is 1. The zero-order valence-electron chi connectivity index (χ0n) is 18.2. The van der Waals surface area contributed by atoms with Gasteiger partial charge < -0.3 is 10.5 Å². The van der Waals surface area contributed by atoms with E-state index in [-0.39, 0.29) is 38.2 Å². The number of anilines is 1. The molecule has 3 aromatic carbocycles. The number of fused-ring (bicyclic) bond motifs is 2. The normalized spacial score (nSPS) is 13.8. The molecule has 8 nitrogen and oxygen atoms in total. The smallest absolute Gasteiger partial charge is 0.273 e. The van der Waals surface area contributed by atoms with Gasteiger partial charge in [0.15, 0.2) is 0 Å². The van der Waals surface area contributed by atoms with E-state index in [0.29, 0.717) is 21.0 Å². The van der Waals surface area contributed by atoms with Gasteiger partial charge in [-0.1, -0.05) is 48.0 Å². The van der Waals surface area contributed by atoms with Gasteiger partial charge in [-0.15, -0.1) is 0 Å². The number of nitrogens with two attached hydrogens (primary N) is 1. The predicted octanol–water partition coefficient (Wildman–Crippen LogP) is 3.70. The van der Waals surface area contributed by atoms with Crippen LogP contribution in [0.4, 0.5) is 5.69 Å². The molecule has 0 unspecified atom stereocenters. The molecule has 1 radical (unpaired) electrons. The summed E-state index contributed by atoms with van der Waals surface area (Å²) in [4.78, 5) is 30.4. The number of sulfonamides is 1. The van der Waals surface area contributed by atoms with Crippen LogP contribution in [-0.2, 0) is 14.8 Å². The number of primary amides is 1. The Balaban J connectivity index is 1.82. The highest BCUT2D eigenvalue weighted by molar-refractivity contribution is 7.94. The lowest BCUT2D eigenvalue weighted by Gasteiger charge is -2.19. The first-order chi connectivity index (χ1) is 16.8. The molecule has 2 amide bonds. The summed E-state index contributed by atoms with van der Waals surface area (Å²) in [5.41, 5.74) is 5.95. The first kappa shape index (κ1) is 22.8. The largest absolute Gasteiger partial charge is 0.496 e. The number of halogens is 1. The first-order valence-corrected chi connectivity index (χ1v) is 12.2. The number of rotatable bonds is 5. The number of para-hydroxylation sites is 2. The molecule has 0 saturated carbocycles. The quantitative estimate of drug-likeness (QED) is 0.440. The Morgan fingerprint density at radius 2 is 1.77 bits per heavy atom. The molecule has 2 N–H and O–H groups in total. The molecule has 1 aliphatic heterocycles. The number of nitrogens with zero attached hydrogens (tertiary/aromatic N) is 2. The van der Waals surface area contributed by atoms with Crippen LogP contribution in [0.25, 0.3) is 10.9 Å². The fourth-order valence-electron chi connectivity index (χ4n) is 4.27. The Bertz CT molecular complexity index is 1630. The van der Waals surface area contributed by atoms with Gasteiger partial charge in [0.05, 0.1) is 28.9 Å². The van der Waals surface area contributed by atoms with E-state index in [2.05, 4.69) is 4.98 Å². The maximum absolute atomic E-state index is 14.0. The Kier molecular flexibility index (Phi) is 5.46. The minimum Gasteiger partial charge on any atom is -0.496 e. The van der Waals surface area contributed by atoms with Crippen LogP contribution in [0.15, 0.2) is 77.8 Å². The summed E-state index contributed by atoms with van der Waals surface area (Å²) < 4.78 is 34.1. The number of carbonyl (C=O) groups is 2. The minimum absolute atomic E-state index is 0.0116. The minimum atomic E-state index is -4.48. The van der Waals surface area contributed by atoms with Gasteiger partial charge in [0.2, 0.25) is 0 Å². The zero-order chi connectivity index (χ0) is 24.9. The molecule has 10 heteroatoms. The van der Waals surface area contributed by atoms with Crippen LogP contribution >= 0.6 is 11.6 Å². The lowest BCUT2D eigenvalue weighted by Crippen LogP contribution is -2.35. The number of hydrogen-bond donors (Lipinski definition) is 1. The summed E-state index contributed by atoms with van der Waals surface area (Å²) in [7, 11) is -3.06. The molecule has 2 heterocycles. The molecule has 0 aliphatic carbocycles. The third-order valence-corrected chi connectivity index (χ3v) is 7.78. The number of benzene rings is 3. The summed E-state index contributed by atoms with van der Waals surface area (Å²) >= 11 is 6.30. The summed E-state index contributed by atoms with van der Waals surface area (Å²) in [6.45, 7) is 0. The third-order valence-electron chi connectivity index (χ3n) is 5.74. The molecule has 0 atom stereocenters. The first-order valence-electron chi connectivity index (χ1n) is 10.3. The number of carbonyl (C=O) groups excluding carboxylic acids is 2. The van der Waals surface area contributed by atoms with E-state index in [9.17, 15) is 18.0 Å². The van der Waals surface area contributed by atoms with Crippen LogP contribution in [0.2, 0.25) is 5.02 Å². The Labute approximate surface area is 206 Å². The van der Waals surface area contributed by atoms with Crippen molar-refractivity contribution in [2.75, 3.05) is 11.4 Å². The third kappa shape index (κ3) is 3.43. The highest BCUT2D eigenvalue weighted by Crippen LogP contribution is 2.48. The molecule has 0 fully saturated rings. The molecule has 35 heavy (non-hydrogen) atoms. The fraction of sp³-hybridized carbons (Fsp3) is 0.0400. The van der Waals surface area contributed by atoms with E-state index < -0.39 is 21.8 Å². The molecule has 5 rings (SSSR count).